The normalized spacial score (nSPS) is 16.4. The van der Waals surface area contributed by atoms with Gasteiger partial charge in [-0.1, -0.05) is 12.1 Å². The minimum absolute atomic E-state index is 0.00210. The molecule has 1 aliphatic heterocycles. The number of anilines is 1. The van der Waals surface area contributed by atoms with Crippen molar-refractivity contribution in [1.82, 2.24) is 5.32 Å². The van der Waals surface area contributed by atoms with Crippen LogP contribution in [0.25, 0.3) is 0 Å². The van der Waals surface area contributed by atoms with Gasteiger partial charge >= 0.3 is 0 Å². The highest BCUT2D eigenvalue weighted by atomic mass is 32.2. The van der Waals surface area contributed by atoms with Gasteiger partial charge in [0.1, 0.15) is 0 Å². The van der Waals surface area contributed by atoms with Crippen molar-refractivity contribution in [3.05, 3.63) is 29.8 Å². The molecule has 1 aromatic carbocycles. The summed E-state index contributed by atoms with van der Waals surface area (Å²) in [6.07, 6.45) is 3.70. The van der Waals surface area contributed by atoms with Crippen LogP contribution in [0.15, 0.2) is 24.3 Å². The number of hydrogen-bond donors (Lipinski definition) is 3. The molecule has 0 aromatic heterocycles. The number of nitrogens with one attached hydrogen (secondary N) is 2. The summed E-state index contributed by atoms with van der Waals surface area (Å²) in [6.45, 7) is 2.08. The lowest BCUT2D eigenvalue weighted by Gasteiger charge is -2.22. The number of rotatable bonds is 6. The second kappa shape index (κ2) is 7.71. The monoisotopic (exact) mass is 325 g/mol. The number of nitrogens with two attached hydrogens (primary N) is 1. The Hall–Kier alpha value is -1.44. The summed E-state index contributed by atoms with van der Waals surface area (Å²) in [5, 5.41) is 11.1. The zero-order chi connectivity index (χ0) is 16.0. The van der Waals surface area contributed by atoms with Gasteiger partial charge in [-0.2, -0.15) is 0 Å². The van der Waals surface area contributed by atoms with Crippen LogP contribution in [-0.4, -0.2) is 27.4 Å². The largest absolute Gasteiger partial charge is 0.326 e. The molecule has 0 aliphatic carbocycles. The second-order valence-electron chi connectivity index (χ2n) is 5.78. The zero-order valence-electron chi connectivity index (χ0n) is 12.5. The van der Waals surface area contributed by atoms with Gasteiger partial charge in [0, 0.05) is 12.1 Å². The highest BCUT2D eigenvalue weighted by Crippen LogP contribution is 2.18. The Morgan fingerprint density at radius 2 is 1.86 bits per heavy atom. The SMILES string of the molecule is NS(=O)(=O)Cc1ccc(NC(=O)CCC2CCNCC2)cc1. The van der Waals surface area contributed by atoms with E-state index < -0.39 is 10.0 Å². The number of carbonyl (C=O) groups excluding carboxylic acids is 1. The fraction of sp³-hybridized carbons (Fsp3) is 0.533. The van der Waals surface area contributed by atoms with Crippen LogP contribution in [0.5, 0.6) is 0 Å². The van der Waals surface area contributed by atoms with Crippen LogP contribution >= 0.6 is 0 Å². The van der Waals surface area contributed by atoms with E-state index in [2.05, 4.69) is 10.6 Å². The highest BCUT2D eigenvalue weighted by molar-refractivity contribution is 7.88. The Kier molecular flexibility index (Phi) is 5.93. The van der Waals surface area contributed by atoms with Gasteiger partial charge in [0.05, 0.1) is 5.75 Å². The molecule has 1 saturated heterocycles. The van der Waals surface area contributed by atoms with Crippen molar-refractivity contribution in [3.63, 3.8) is 0 Å². The van der Waals surface area contributed by atoms with Crippen LogP contribution in [0.3, 0.4) is 0 Å². The molecule has 0 atom stereocenters. The lowest BCUT2D eigenvalue weighted by Crippen LogP contribution is -2.28. The molecule has 0 spiro atoms. The maximum atomic E-state index is 11.9. The first-order valence-corrected chi connectivity index (χ1v) is 9.24. The molecule has 4 N–H and O–H groups in total. The van der Waals surface area contributed by atoms with Gasteiger partial charge in [0.15, 0.2) is 0 Å². The first kappa shape index (κ1) is 16.9. The Morgan fingerprint density at radius 1 is 1.23 bits per heavy atom. The lowest BCUT2D eigenvalue weighted by molar-refractivity contribution is -0.116. The summed E-state index contributed by atoms with van der Waals surface area (Å²) < 4.78 is 22.0. The first-order valence-electron chi connectivity index (χ1n) is 7.52. The molecule has 0 saturated carbocycles. The molecular formula is C15H23N3O3S. The average molecular weight is 325 g/mol. The molecule has 6 nitrogen and oxygen atoms in total. The number of hydrogen-bond acceptors (Lipinski definition) is 4. The summed E-state index contributed by atoms with van der Waals surface area (Å²) in [5.74, 6) is 0.429. The van der Waals surface area contributed by atoms with E-state index in [4.69, 9.17) is 5.14 Å². The topological polar surface area (TPSA) is 101 Å². The number of benzene rings is 1. The molecular weight excluding hydrogens is 302 g/mol. The van der Waals surface area contributed by atoms with Crippen molar-refractivity contribution >= 4 is 21.6 Å². The summed E-state index contributed by atoms with van der Waals surface area (Å²) in [7, 11) is -3.53. The van der Waals surface area contributed by atoms with E-state index in [-0.39, 0.29) is 11.7 Å². The van der Waals surface area contributed by atoms with Gasteiger partial charge in [-0.05, 0) is 56.0 Å². The van der Waals surface area contributed by atoms with Crippen molar-refractivity contribution in [2.24, 2.45) is 11.1 Å². The van der Waals surface area contributed by atoms with E-state index in [1.54, 1.807) is 24.3 Å². The highest BCUT2D eigenvalue weighted by Gasteiger charge is 2.14. The van der Waals surface area contributed by atoms with Crippen molar-refractivity contribution in [1.29, 1.82) is 0 Å². The molecule has 1 aliphatic rings. The molecule has 2 rings (SSSR count). The lowest BCUT2D eigenvalue weighted by atomic mass is 9.93. The van der Waals surface area contributed by atoms with Gasteiger partial charge in [-0.25, -0.2) is 13.6 Å². The summed E-state index contributed by atoms with van der Waals surface area (Å²) >= 11 is 0. The Morgan fingerprint density at radius 3 is 2.45 bits per heavy atom. The van der Waals surface area contributed by atoms with Gasteiger partial charge in [-0.15, -0.1) is 0 Å². The Bertz CT molecular complexity index is 593. The number of amides is 1. The molecule has 0 bridgehead atoms. The summed E-state index contributed by atoms with van der Waals surface area (Å²) in [4.78, 5) is 11.9. The molecule has 0 radical (unpaired) electrons. The van der Waals surface area contributed by atoms with Crippen molar-refractivity contribution < 1.29 is 13.2 Å². The minimum atomic E-state index is -3.53. The summed E-state index contributed by atoms with van der Waals surface area (Å²) in [6, 6.07) is 6.71. The third-order valence-corrected chi connectivity index (χ3v) is 4.58. The average Bonchev–Trinajstić information content (AvgIpc) is 2.47. The van der Waals surface area contributed by atoms with Gasteiger partial charge < -0.3 is 10.6 Å². The molecule has 0 unspecified atom stereocenters. The first-order chi connectivity index (χ1) is 10.4. The van der Waals surface area contributed by atoms with E-state index in [1.165, 1.54) is 0 Å². The van der Waals surface area contributed by atoms with Crippen LogP contribution < -0.4 is 15.8 Å². The van der Waals surface area contributed by atoms with Gasteiger partial charge in [-0.3, -0.25) is 4.79 Å². The van der Waals surface area contributed by atoms with Crippen molar-refractivity contribution in [2.45, 2.75) is 31.4 Å². The second-order valence-corrected chi connectivity index (χ2v) is 7.40. The van der Waals surface area contributed by atoms with Gasteiger partial charge in [0.25, 0.3) is 0 Å². The standard InChI is InChI=1S/C15H23N3O3S/c16-22(20,21)11-13-1-4-14(5-2-13)18-15(19)6-3-12-7-9-17-10-8-12/h1-2,4-5,12,17H,3,6-11H2,(H,18,19)(H2,16,20,21). The van der Waals surface area contributed by atoms with Crippen LogP contribution in [0.1, 0.15) is 31.2 Å². The third-order valence-electron chi connectivity index (χ3n) is 3.84. The zero-order valence-corrected chi connectivity index (χ0v) is 13.4. The third kappa shape index (κ3) is 6.13. The van der Waals surface area contributed by atoms with Crippen LogP contribution in [0.4, 0.5) is 5.69 Å². The molecule has 1 amide bonds. The van der Waals surface area contributed by atoms with Crippen LogP contribution in [0, 0.1) is 5.92 Å². The fourth-order valence-electron chi connectivity index (χ4n) is 2.65. The van der Waals surface area contributed by atoms with E-state index >= 15 is 0 Å². The maximum absolute atomic E-state index is 11.9. The van der Waals surface area contributed by atoms with Crippen LogP contribution in [0.2, 0.25) is 0 Å². The predicted octanol–water partition coefficient (Wildman–Crippen LogP) is 1.19. The minimum Gasteiger partial charge on any atom is -0.326 e. The fourth-order valence-corrected chi connectivity index (χ4v) is 3.30. The van der Waals surface area contributed by atoms with Crippen molar-refractivity contribution in [3.8, 4) is 0 Å². The number of piperidine rings is 1. The van der Waals surface area contributed by atoms with Gasteiger partial charge in [0.2, 0.25) is 15.9 Å². The van der Waals surface area contributed by atoms with E-state index in [0.29, 0.717) is 23.6 Å². The Labute approximate surface area is 131 Å². The smallest absolute Gasteiger partial charge is 0.224 e. The molecule has 1 heterocycles. The molecule has 7 heteroatoms. The van der Waals surface area contributed by atoms with E-state index in [1.807, 2.05) is 0 Å². The quantitative estimate of drug-likeness (QED) is 0.731. The molecule has 1 aromatic rings. The molecule has 1 fully saturated rings. The van der Waals surface area contributed by atoms with Crippen LogP contribution in [-0.2, 0) is 20.6 Å². The van der Waals surface area contributed by atoms with E-state index in [9.17, 15) is 13.2 Å². The molecule has 22 heavy (non-hydrogen) atoms. The number of sulfonamides is 1. The van der Waals surface area contributed by atoms with E-state index in [0.717, 1.165) is 32.4 Å². The molecule has 122 valence electrons. The number of primary sulfonamides is 1. The number of carbonyl (C=O) groups is 1. The summed E-state index contributed by atoms with van der Waals surface area (Å²) in [5.41, 5.74) is 1.28. The Balaban J connectivity index is 1.78. The van der Waals surface area contributed by atoms with Crippen molar-refractivity contribution in [2.75, 3.05) is 18.4 Å². The predicted molar refractivity (Wildman–Crippen MR) is 86.7 cm³/mol. The maximum Gasteiger partial charge on any atom is 0.224 e.